The van der Waals surface area contributed by atoms with Gasteiger partial charge in [0.05, 0.1) is 0 Å². The maximum Gasteiger partial charge on any atom is 0.0392 e. The van der Waals surface area contributed by atoms with Gasteiger partial charge in [-0.25, -0.2) is 10.4 Å². The molecule has 3 N–H and O–H groups in total. The van der Waals surface area contributed by atoms with Crippen molar-refractivity contribution in [1.82, 2.24) is 10.4 Å². The molecule has 1 aliphatic heterocycles. The van der Waals surface area contributed by atoms with Crippen molar-refractivity contribution in [3.8, 4) is 0 Å². The van der Waals surface area contributed by atoms with Crippen molar-refractivity contribution in [2.75, 3.05) is 6.54 Å². The van der Waals surface area contributed by atoms with Crippen LogP contribution in [0.3, 0.4) is 0 Å². The summed E-state index contributed by atoms with van der Waals surface area (Å²) in [7, 11) is 0. The fourth-order valence-electron chi connectivity index (χ4n) is 2.04. The average molecular weight is 199 g/mol. The summed E-state index contributed by atoms with van der Waals surface area (Å²) in [5.74, 6) is 0. The molecular formula is C11H25N3. The van der Waals surface area contributed by atoms with Crippen LogP contribution < -0.4 is 11.2 Å². The van der Waals surface area contributed by atoms with Crippen LogP contribution in [0.5, 0.6) is 0 Å². The van der Waals surface area contributed by atoms with E-state index in [0.29, 0.717) is 18.6 Å². The van der Waals surface area contributed by atoms with E-state index in [1.165, 1.54) is 19.3 Å². The predicted octanol–water partition coefficient (Wildman–Crippen LogP) is 1.49. The Morgan fingerprint density at radius 1 is 1.29 bits per heavy atom. The Morgan fingerprint density at radius 2 is 1.79 bits per heavy atom. The summed E-state index contributed by atoms with van der Waals surface area (Å²) in [6, 6.07) is 1.26. The first-order chi connectivity index (χ1) is 6.46. The first-order valence-electron chi connectivity index (χ1n) is 5.72. The van der Waals surface area contributed by atoms with Crippen molar-refractivity contribution in [1.29, 1.82) is 0 Å². The maximum absolute atomic E-state index is 5.73. The fourth-order valence-corrected chi connectivity index (χ4v) is 2.04. The zero-order valence-electron chi connectivity index (χ0n) is 10.0. The van der Waals surface area contributed by atoms with Gasteiger partial charge in [0.15, 0.2) is 0 Å². The number of nitrogens with zero attached hydrogens (tertiary/aromatic N) is 1. The van der Waals surface area contributed by atoms with Gasteiger partial charge < -0.3 is 5.73 Å². The van der Waals surface area contributed by atoms with Crippen molar-refractivity contribution >= 4 is 0 Å². The Hall–Kier alpha value is -0.120. The fraction of sp³-hybridized carbons (Fsp3) is 1.00. The number of piperidine rings is 1. The number of rotatable bonds is 3. The van der Waals surface area contributed by atoms with Gasteiger partial charge in [0.25, 0.3) is 0 Å². The molecule has 3 nitrogen and oxygen atoms in total. The highest BCUT2D eigenvalue weighted by atomic mass is 15.6. The molecule has 0 radical (unpaired) electrons. The molecule has 0 saturated carbocycles. The highest BCUT2D eigenvalue weighted by Crippen LogP contribution is 2.21. The smallest absolute Gasteiger partial charge is 0.0392 e. The van der Waals surface area contributed by atoms with Crippen LogP contribution in [0, 0.1) is 0 Å². The van der Waals surface area contributed by atoms with Crippen molar-refractivity contribution < 1.29 is 0 Å². The van der Waals surface area contributed by atoms with E-state index in [2.05, 4.69) is 38.1 Å². The molecule has 0 bridgehead atoms. The second-order valence-electron chi connectivity index (χ2n) is 5.24. The summed E-state index contributed by atoms with van der Waals surface area (Å²) in [5.41, 5.74) is 9.29. The van der Waals surface area contributed by atoms with Gasteiger partial charge in [0.1, 0.15) is 0 Å². The third-order valence-electron chi connectivity index (χ3n) is 3.14. The zero-order valence-corrected chi connectivity index (χ0v) is 10.0. The predicted molar refractivity (Wildman–Crippen MR) is 60.9 cm³/mol. The molecule has 1 heterocycles. The van der Waals surface area contributed by atoms with E-state index in [1.807, 2.05) is 0 Å². The molecule has 0 amide bonds. The molecule has 0 aromatic rings. The van der Waals surface area contributed by atoms with E-state index in [1.54, 1.807) is 0 Å². The number of hydrogen-bond acceptors (Lipinski definition) is 3. The Balaban J connectivity index is 2.56. The third kappa shape index (κ3) is 2.94. The van der Waals surface area contributed by atoms with E-state index in [-0.39, 0.29) is 5.54 Å². The van der Waals surface area contributed by atoms with Gasteiger partial charge in [-0.1, -0.05) is 6.42 Å². The van der Waals surface area contributed by atoms with Crippen LogP contribution in [0.4, 0.5) is 0 Å². The largest absolute Gasteiger partial charge is 0.329 e. The van der Waals surface area contributed by atoms with Gasteiger partial charge in [-0.2, -0.15) is 0 Å². The van der Waals surface area contributed by atoms with E-state index < -0.39 is 0 Å². The number of hydrogen-bond donors (Lipinski definition) is 2. The van der Waals surface area contributed by atoms with Gasteiger partial charge in [-0.15, -0.1) is 0 Å². The van der Waals surface area contributed by atoms with E-state index in [4.69, 9.17) is 5.73 Å². The summed E-state index contributed by atoms with van der Waals surface area (Å²) in [6.45, 7) is 9.55. The molecule has 1 rings (SSSR count). The Kier molecular flexibility index (Phi) is 3.93. The van der Waals surface area contributed by atoms with Crippen molar-refractivity contribution in [2.24, 2.45) is 5.73 Å². The summed E-state index contributed by atoms with van der Waals surface area (Å²) in [4.78, 5) is 0. The lowest BCUT2D eigenvalue weighted by molar-refractivity contribution is 0.0114. The van der Waals surface area contributed by atoms with Crippen LogP contribution in [0.15, 0.2) is 0 Å². The highest BCUT2D eigenvalue weighted by molar-refractivity contribution is 4.83. The molecule has 1 fully saturated rings. The summed E-state index contributed by atoms with van der Waals surface area (Å²) in [5, 5.41) is 2.39. The summed E-state index contributed by atoms with van der Waals surface area (Å²) >= 11 is 0. The van der Waals surface area contributed by atoms with Gasteiger partial charge >= 0.3 is 0 Å². The number of nitrogens with two attached hydrogens (primary N) is 1. The average Bonchev–Trinajstić information content (AvgIpc) is 2.12. The minimum atomic E-state index is 0.0137. The quantitative estimate of drug-likeness (QED) is 0.723. The van der Waals surface area contributed by atoms with Crippen molar-refractivity contribution in [3.05, 3.63) is 0 Å². The molecule has 1 saturated heterocycles. The highest BCUT2D eigenvalue weighted by Gasteiger charge is 2.28. The minimum absolute atomic E-state index is 0.0137. The minimum Gasteiger partial charge on any atom is -0.329 e. The maximum atomic E-state index is 5.73. The first kappa shape index (κ1) is 12.0. The molecule has 2 unspecified atom stereocenters. The molecule has 1 aliphatic rings. The van der Waals surface area contributed by atoms with Crippen LogP contribution in [-0.2, 0) is 0 Å². The SMILES string of the molecule is CC1CCCC(C)N1NC(C)(C)CN. The topological polar surface area (TPSA) is 41.3 Å². The molecule has 0 aromatic heterocycles. The molecule has 0 aromatic carbocycles. The standard InChI is InChI=1S/C11H25N3/c1-9-6-5-7-10(2)14(9)13-11(3,4)8-12/h9-10,13H,5-8,12H2,1-4H3. The monoisotopic (exact) mass is 199 g/mol. The van der Waals surface area contributed by atoms with E-state index >= 15 is 0 Å². The lowest BCUT2D eigenvalue weighted by atomic mass is 9.99. The molecule has 14 heavy (non-hydrogen) atoms. The van der Waals surface area contributed by atoms with Crippen LogP contribution in [0.25, 0.3) is 0 Å². The number of nitrogens with one attached hydrogen (secondary N) is 1. The third-order valence-corrected chi connectivity index (χ3v) is 3.14. The van der Waals surface area contributed by atoms with Crippen LogP contribution in [0.2, 0.25) is 0 Å². The zero-order chi connectivity index (χ0) is 10.8. The Morgan fingerprint density at radius 3 is 2.21 bits per heavy atom. The van der Waals surface area contributed by atoms with Crippen LogP contribution in [0.1, 0.15) is 47.0 Å². The Labute approximate surface area is 88.0 Å². The lowest BCUT2D eigenvalue weighted by Crippen LogP contribution is -2.61. The van der Waals surface area contributed by atoms with E-state index in [0.717, 1.165) is 0 Å². The molecular weight excluding hydrogens is 174 g/mol. The van der Waals surface area contributed by atoms with Crippen molar-refractivity contribution in [3.63, 3.8) is 0 Å². The molecule has 0 aliphatic carbocycles. The summed E-state index contributed by atoms with van der Waals surface area (Å²) < 4.78 is 0. The Bertz CT molecular complexity index is 169. The second kappa shape index (κ2) is 4.60. The van der Waals surface area contributed by atoms with Crippen LogP contribution >= 0.6 is 0 Å². The molecule has 0 spiro atoms. The molecule has 3 heteroatoms. The second-order valence-corrected chi connectivity index (χ2v) is 5.24. The lowest BCUT2D eigenvalue weighted by Gasteiger charge is -2.43. The normalized spacial score (nSPS) is 30.6. The molecule has 84 valence electrons. The number of hydrazine groups is 1. The van der Waals surface area contributed by atoms with Gasteiger partial charge in [-0.3, -0.25) is 0 Å². The van der Waals surface area contributed by atoms with Gasteiger partial charge in [0.2, 0.25) is 0 Å². The molecule has 2 atom stereocenters. The van der Waals surface area contributed by atoms with Gasteiger partial charge in [0, 0.05) is 24.2 Å². The summed E-state index contributed by atoms with van der Waals surface area (Å²) in [6.07, 6.45) is 3.93. The first-order valence-corrected chi connectivity index (χ1v) is 5.72. The van der Waals surface area contributed by atoms with Crippen molar-refractivity contribution in [2.45, 2.75) is 64.6 Å². The van der Waals surface area contributed by atoms with Gasteiger partial charge in [-0.05, 0) is 40.5 Å². The van der Waals surface area contributed by atoms with Crippen LogP contribution in [-0.4, -0.2) is 29.2 Å². The van der Waals surface area contributed by atoms with E-state index in [9.17, 15) is 0 Å².